The molecule has 1 heterocycles. The summed E-state index contributed by atoms with van der Waals surface area (Å²) >= 11 is 0. The molecule has 1 amide bonds. The Morgan fingerprint density at radius 2 is 1.88 bits per heavy atom. The smallest absolute Gasteiger partial charge is 0.230 e. The molecule has 0 spiro atoms. The Hall–Kier alpha value is -0.570. The highest BCUT2D eigenvalue weighted by atomic mass is 16.2. The van der Waals surface area contributed by atoms with E-state index in [9.17, 15) is 4.79 Å². The molecule has 0 atom stereocenters. The SMILES string of the molecule is CCC1(CC)CCN(C(=O)C2(CN)CC2)C1. The van der Waals surface area contributed by atoms with Crippen LogP contribution in [0.25, 0.3) is 0 Å². The maximum atomic E-state index is 12.3. The first-order valence-corrected chi connectivity index (χ1v) is 6.61. The molecule has 92 valence electrons. The number of carbonyl (C=O) groups is 1. The number of hydrogen-bond acceptors (Lipinski definition) is 2. The molecule has 0 radical (unpaired) electrons. The molecular formula is C13H24N2O. The molecular weight excluding hydrogens is 200 g/mol. The van der Waals surface area contributed by atoms with Gasteiger partial charge in [-0.05, 0) is 37.5 Å². The van der Waals surface area contributed by atoms with Gasteiger partial charge < -0.3 is 10.6 Å². The van der Waals surface area contributed by atoms with Crippen LogP contribution in [0, 0.1) is 10.8 Å². The van der Waals surface area contributed by atoms with Crippen LogP contribution in [-0.2, 0) is 4.79 Å². The lowest BCUT2D eigenvalue weighted by Crippen LogP contribution is -2.40. The van der Waals surface area contributed by atoms with Gasteiger partial charge in [-0.1, -0.05) is 13.8 Å². The first-order valence-electron chi connectivity index (χ1n) is 6.61. The number of nitrogens with two attached hydrogens (primary N) is 1. The zero-order chi connectivity index (χ0) is 11.8. The number of amides is 1. The van der Waals surface area contributed by atoms with Crippen molar-refractivity contribution in [3.8, 4) is 0 Å². The number of carbonyl (C=O) groups excluding carboxylic acids is 1. The van der Waals surface area contributed by atoms with Crippen molar-refractivity contribution in [1.82, 2.24) is 4.90 Å². The van der Waals surface area contributed by atoms with Crippen LogP contribution in [0.3, 0.4) is 0 Å². The van der Waals surface area contributed by atoms with Crippen molar-refractivity contribution >= 4 is 5.91 Å². The zero-order valence-electron chi connectivity index (χ0n) is 10.6. The molecule has 3 nitrogen and oxygen atoms in total. The van der Waals surface area contributed by atoms with Crippen LogP contribution < -0.4 is 5.73 Å². The predicted molar refractivity (Wildman–Crippen MR) is 64.9 cm³/mol. The number of hydrogen-bond donors (Lipinski definition) is 1. The summed E-state index contributed by atoms with van der Waals surface area (Å²) in [6.07, 6.45) is 5.55. The molecule has 2 rings (SSSR count). The summed E-state index contributed by atoms with van der Waals surface area (Å²) in [7, 11) is 0. The molecule has 0 aromatic heterocycles. The molecule has 2 aliphatic rings. The minimum Gasteiger partial charge on any atom is -0.342 e. The van der Waals surface area contributed by atoms with Crippen molar-refractivity contribution < 1.29 is 4.79 Å². The summed E-state index contributed by atoms with van der Waals surface area (Å²) in [5.74, 6) is 0.332. The molecule has 1 aliphatic carbocycles. The number of rotatable bonds is 4. The maximum Gasteiger partial charge on any atom is 0.230 e. The summed E-state index contributed by atoms with van der Waals surface area (Å²) < 4.78 is 0. The Morgan fingerprint density at radius 3 is 2.25 bits per heavy atom. The van der Waals surface area contributed by atoms with Crippen molar-refractivity contribution in [3.63, 3.8) is 0 Å². The van der Waals surface area contributed by atoms with Crippen LogP contribution in [0.1, 0.15) is 46.0 Å². The minimum absolute atomic E-state index is 0.155. The Bertz CT molecular complexity index is 280. The van der Waals surface area contributed by atoms with E-state index in [1.165, 1.54) is 19.3 Å². The largest absolute Gasteiger partial charge is 0.342 e. The van der Waals surface area contributed by atoms with Crippen molar-refractivity contribution in [2.75, 3.05) is 19.6 Å². The fourth-order valence-corrected chi connectivity index (χ4v) is 2.93. The molecule has 1 saturated carbocycles. The Kier molecular flexibility index (Phi) is 2.99. The first-order chi connectivity index (χ1) is 7.61. The third-order valence-electron chi connectivity index (χ3n) is 4.92. The summed E-state index contributed by atoms with van der Waals surface area (Å²) in [5, 5.41) is 0. The van der Waals surface area contributed by atoms with E-state index in [0.717, 1.165) is 25.9 Å². The lowest BCUT2D eigenvalue weighted by Gasteiger charge is -2.28. The summed E-state index contributed by atoms with van der Waals surface area (Å²) in [4.78, 5) is 14.4. The molecule has 1 aliphatic heterocycles. The van der Waals surface area contributed by atoms with E-state index in [2.05, 4.69) is 18.7 Å². The second-order valence-corrected chi connectivity index (χ2v) is 5.67. The Labute approximate surface area is 98.4 Å². The van der Waals surface area contributed by atoms with Gasteiger partial charge in [-0.15, -0.1) is 0 Å². The third-order valence-corrected chi connectivity index (χ3v) is 4.92. The highest BCUT2D eigenvalue weighted by molar-refractivity contribution is 5.86. The first kappa shape index (κ1) is 11.9. The lowest BCUT2D eigenvalue weighted by atomic mass is 9.82. The van der Waals surface area contributed by atoms with Crippen LogP contribution in [0.15, 0.2) is 0 Å². The normalized spacial score (nSPS) is 25.8. The Morgan fingerprint density at radius 1 is 1.25 bits per heavy atom. The monoisotopic (exact) mass is 224 g/mol. The predicted octanol–water partition coefficient (Wildman–Crippen LogP) is 1.76. The van der Waals surface area contributed by atoms with Gasteiger partial charge in [0.2, 0.25) is 5.91 Å². The van der Waals surface area contributed by atoms with Crippen LogP contribution in [0.2, 0.25) is 0 Å². The molecule has 1 saturated heterocycles. The van der Waals surface area contributed by atoms with Crippen LogP contribution in [0.4, 0.5) is 0 Å². The van der Waals surface area contributed by atoms with Crippen LogP contribution >= 0.6 is 0 Å². The van der Waals surface area contributed by atoms with Gasteiger partial charge in [-0.3, -0.25) is 4.79 Å². The standard InChI is InChI=1S/C13H24N2O/c1-3-12(4-2)7-8-15(10-12)11(16)13(9-14)5-6-13/h3-10,14H2,1-2H3. The average Bonchev–Trinajstić information content (AvgIpc) is 3.01. The number of nitrogens with zero attached hydrogens (tertiary/aromatic N) is 1. The van der Waals surface area contributed by atoms with Gasteiger partial charge in [-0.2, -0.15) is 0 Å². The molecule has 3 heteroatoms. The fourth-order valence-electron chi connectivity index (χ4n) is 2.93. The highest BCUT2D eigenvalue weighted by Crippen LogP contribution is 2.48. The van der Waals surface area contributed by atoms with Gasteiger partial charge in [0.1, 0.15) is 0 Å². The molecule has 0 unspecified atom stereocenters. The van der Waals surface area contributed by atoms with Gasteiger partial charge in [0.05, 0.1) is 5.41 Å². The van der Waals surface area contributed by atoms with E-state index in [4.69, 9.17) is 5.73 Å². The lowest BCUT2D eigenvalue weighted by molar-refractivity contribution is -0.136. The number of likely N-dealkylation sites (tertiary alicyclic amines) is 1. The van der Waals surface area contributed by atoms with Gasteiger partial charge in [0.15, 0.2) is 0 Å². The van der Waals surface area contributed by atoms with Crippen LogP contribution in [0.5, 0.6) is 0 Å². The minimum atomic E-state index is -0.155. The highest BCUT2D eigenvalue weighted by Gasteiger charge is 2.52. The second-order valence-electron chi connectivity index (χ2n) is 5.67. The van der Waals surface area contributed by atoms with Crippen LogP contribution in [-0.4, -0.2) is 30.4 Å². The maximum absolute atomic E-state index is 12.3. The summed E-state index contributed by atoms with van der Waals surface area (Å²) in [5.41, 5.74) is 5.96. The Balaban J connectivity index is 2.01. The molecule has 0 aromatic rings. The molecule has 0 bridgehead atoms. The van der Waals surface area contributed by atoms with Gasteiger partial charge in [0.25, 0.3) is 0 Å². The van der Waals surface area contributed by atoms with E-state index in [1.807, 2.05) is 0 Å². The van der Waals surface area contributed by atoms with E-state index >= 15 is 0 Å². The van der Waals surface area contributed by atoms with Crippen molar-refractivity contribution in [3.05, 3.63) is 0 Å². The average molecular weight is 224 g/mol. The van der Waals surface area contributed by atoms with Crippen molar-refractivity contribution in [1.29, 1.82) is 0 Å². The topological polar surface area (TPSA) is 46.3 Å². The molecule has 16 heavy (non-hydrogen) atoms. The van der Waals surface area contributed by atoms with E-state index in [0.29, 0.717) is 17.9 Å². The zero-order valence-corrected chi connectivity index (χ0v) is 10.6. The van der Waals surface area contributed by atoms with E-state index in [-0.39, 0.29) is 5.41 Å². The van der Waals surface area contributed by atoms with E-state index < -0.39 is 0 Å². The van der Waals surface area contributed by atoms with E-state index in [1.54, 1.807) is 0 Å². The summed E-state index contributed by atoms with van der Waals surface area (Å²) in [6, 6.07) is 0. The molecule has 2 fully saturated rings. The third kappa shape index (κ3) is 1.75. The fraction of sp³-hybridized carbons (Fsp3) is 0.923. The van der Waals surface area contributed by atoms with Gasteiger partial charge >= 0.3 is 0 Å². The van der Waals surface area contributed by atoms with Gasteiger partial charge in [-0.25, -0.2) is 0 Å². The molecule has 2 N–H and O–H groups in total. The molecule has 0 aromatic carbocycles. The van der Waals surface area contributed by atoms with Crippen molar-refractivity contribution in [2.45, 2.75) is 46.0 Å². The van der Waals surface area contributed by atoms with Crippen molar-refractivity contribution in [2.24, 2.45) is 16.6 Å². The summed E-state index contributed by atoms with van der Waals surface area (Å²) in [6.45, 7) is 6.93. The second kappa shape index (κ2) is 4.02. The van der Waals surface area contributed by atoms with Gasteiger partial charge in [0, 0.05) is 19.6 Å². The quantitative estimate of drug-likeness (QED) is 0.791.